The van der Waals surface area contributed by atoms with Gasteiger partial charge in [-0.3, -0.25) is 19.8 Å². The number of hydrogen-bond acceptors (Lipinski definition) is 3. The lowest BCUT2D eigenvalue weighted by Crippen LogP contribution is -2.69. The molecule has 4 amide bonds. The summed E-state index contributed by atoms with van der Waals surface area (Å²) in [6, 6.07) is -1.02. The Balaban J connectivity index is 2.49. The molecule has 0 bridgehead atoms. The molecule has 0 spiro atoms. The van der Waals surface area contributed by atoms with Crippen molar-refractivity contribution in [1.29, 1.82) is 0 Å². The minimum Gasteiger partial charge on any atom is -0.333 e. The van der Waals surface area contributed by atoms with Gasteiger partial charge >= 0.3 is 6.03 Å². The van der Waals surface area contributed by atoms with Crippen molar-refractivity contribution >= 4 is 17.8 Å². The molecule has 1 saturated heterocycles. The van der Waals surface area contributed by atoms with Crippen LogP contribution in [0.1, 0.15) is 37.6 Å². The molecule has 1 aromatic rings. The minimum atomic E-state index is -2.16. The number of halogens is 4. The Morgan fingerprint density at radius 2 is 1.81 bits per heavy atom. The van der Waals surface area contributed by atoms with E-state index in [0.717, 1.165) is 4.90 Å². The molecule has 1 aliphatic rings. The molecule has 1 unspecified atom stereocenters. The van der Waals surface area contributed by atoms with Crippen LogP contribution in [-0.2, 0) is 4.79 Å². The lowest BCUT2D eigenvalue weighted by Gasteiger charge is -2.44. The normalized spacial score (nSPS) is 20.1. The van der Waals surface area contributed by atoms with Crippen molar-refractivity contribution in [3.63, 3.8) is 0 Å². The van der Waals surface area contributed by atoms with Gasteiger partial charge in [0, 0.05) is 6.04 Å². The molecule has 0 radical (unpaired) electrons. The average molecular weight is 387 g/mol. The largest absolute Gasteiger partial charge is 0.333 e. The number of imide groups is 1. The van der Waals surface area contributed by atoms with Gasteiger partial charge in [-0.05, 0) is 26.3 Å². The molecule has 1 heterocycles. The van der Waals surface area contributed by atoms with Gasteiger partial charge in [0.25, 0.3) is 11.8 Å². The average Bonchev–Trinajstić information content (AvgIpc) is 2.59. The standard InChI is InChI=1S/C17H17F4N3O3/c1-5-17(8(4)24(7(2)3)16(27)22-15(17)26)23-14(25)9-6-10(18)12(20)13(21)11(9)19/h6-7H,4-5H2,1-3H3,(H,23,25)(H,22,26,27). The van der Waals surface area contributed by atoms with Crippen LogP contribution in [0.2, 0.25) is 0 Å². The zero-order valence-electron chi connectivity index (χ0n) is 14.8. The molecule has 27 heavy (non-hydrogen) atoms. The van der Waals surface area contributed by atoms with E-state index in [1.54, 1.807) is 13.8 Å². The topological polar surface area (TPSA) is 78.5 Å². The first-order chi connectivity index (χ1) is 12.5. The van der Waals surface area contributed by atoms with Crippen molar-refractivity contribution in [2.24, 2.45) is 0 Å². The highest BCUT2D eigenvalue weighted by atomic mass is 19.2. The van der Waals surface area contributed by atoms with E-state index in [4.69, 9.17) is 0 Å². The summed E-state index contributed by atoms with van der Waals surface area (Å²) in [6.07, 6.45) is -0.103. The number of carbonyl (C=O) groups excluding carboxylic acids is 3. The second-order valence-corrected chi connectivity index (χ2v) is 6.23. The summed E-state index contributed by atoms with van der Waals surface area (Å²) in [5.41, 5.74) is -3.10. The number of nitrogens with one attached hydrogen (secondary N) is 2. The van der Waals surface area contributed by atoms with E-state index >= 15 is 0 Å². The van der Waals surface area contributed by atoms with Crippen molar-refractivity contribution in [2.75, 3.05) is 0 Å². The fourth-order valence-electron chi connectivity index (χ4n) is 2.85. The summed E-state index contributed by atoms with van der Waals surface area (Å²) in [6.45, 7) is 8.44. The lowest BCUT2D eigenvalue weighted by atomic mass is 9.87. The smallest absolute Gasteiger partial charge is 0.328 e. The highest BCUT2D eigenvalue weighted by Gasteiger charge is 2.50. The number of rotatable bonds is 4. The third-order valence-corrected chi connectivity index (χ3v) is 4.33. The minimum absolute atomic E-state index is 0.0921. The summed E-state index contributed by atoms with van der Waals surface area (Å²) >= 11 is 0. The van der Waals surface area contributed by atoms with E-state index in [1.807, 2.05) is 0 Å². The molecule has 146 valence electrons. The molecule has 1 fully saturated rings. The first kappa shape index (κ1) is 20.4. The predicted octanol–water partition coefficient (Wildman–Crippen LogP) is 2.60. The molecular formula is C17H17F4N3O3. The first-order valence-corrected chi connectivity index (χ1v) is 7.97. The Labute approximate surface area is 152 Å². The fourth-order valence-corrected chi connectivity index (χ4v) is 2.85. The van der Waals surface area contributed by atoms with Gasteiger partial charge in [0.15, 0.2) is 28.8 Å². The highest BCUT2D eigenvalue weighted by Crippen LogP contribution is 2.30. The van der Waals surface area contributed by atoms with Crippen molar-refractivity contribution < 1.29 is 31.9 Å². The first-order valence-electron chi connectivity index (χ1n) is 7.97. The number of amides is 4. The summed E-state index contributed by atoms with van der Waals surface area (Å²) in [5, 5.41) is 4.23. The van der Waals surface area contributed by atoms with E-state index in [1.165, 1.54) is 6.92 Å². The van der Waals surface area contributed by atoms with Crippen LogP contribution in [0.15, 0.2) is 18.3 Å². The second kappa shape index (κ2) is 7.01. The molecule has 1 aliphatic heterocycles. The number of hydrogen-bond donors (Lipinski definition) is 2. The Morgan fingerprint density at radius 1 is 1.22 bits per heavy atom. The van der Waals surface area contributed by atoms with Crippen LogP contribution in [0.4, 0.5) is 22.4 Å². The van der Waals surface area contributed by atoms with E-state index in [9.17, 15) is 31.9 Å². The van der Waals surface area contributed by atoms with Crippen LogP contribution in [0.3, 0.4) is 0 Å². The summed E-state index contributed by atoms with van der Waals surface area (Å²) in [7, 11) is 0. The maximum atomic E-state index is 13.9. The third kappa shape index (κ3) is 3.15. The van der Waals surface area contributed by atoms with Crippen LogP contribution in [0, 0.1) is 23.3 Å². The van der Waals surface area contributed by atoms with Crippen molar-refractivity contribution in [1.82, 2.24) is 15.5 Å². The number of benzene rings is 1. The van der Waals surface area contributed by atoms with Gasteiger partial charge in [-0.2, -0.15) is 0 Å². The van der Waals surface area contributed by atoms with E-state index in [0.29, 0.717) is 0 Å². The molecule has 2 N–H and O–H groups in total. The Bertz CT molecular complexity index is 856. The van der Waals surface area contributed by atoms with Gasteiger partial charge in [0.2, 0.25) is 0 Å². The van der Waals surface area contributed by atoms with Crippen LogP contribution < -0.4 is 10.6 Å². The number of carbonyl (C=O) groups is 3. The van der Waals surface area contributed by atoms with Crippen LogP contribution in [-0.4, -0.2) is 34.3 Å². The third-order valence-electron chi connectivity index (χ3n) is 4.33. The van der Waals surface area contributed by atoms with Crippen LogP contribution >= 0.6 is 0 Å². The summed E-state index contributed by atoms with van der Waals surface area (Å²) < 4.78 is 53.8. The van der Waals surface area contributed by atoms with E-state index in [2.05, 4.69) is 17.2 Å². The van der Waals surface area contributed by atoms with Gasteiger partial charge in [-0.15, -0.1) is 0 Å². The molecule has 0 aromatic heterocycles. The number of nitrogens with zero attached hydrogens (tertiary/aromatic N) is 1. The van der Waals surface area contributed by atoms with Gasteiger partial charge < -0.3 is 5.32 Å². The molecule has 0 saturated carbocycles. The van der Waals surface area contributed by atoms with Crippen LogP contribution in [0.25, 0.3) is 0 Å². The lowest BCUT2D eigenvalue weighted by molar-refractivity contribution is -0.127. The molecule has 10 heteroatoms. The maximum absolute atomic E-state index is 13.9. The molecule has 6 nitrogen and oxygen atoms in total. The molecule has 0 aliphatic carbocycles. The van der Waals surface area contributed by atoms with Crippen molar-refractivity contribution in [3.8, 4) is 0 Å². The zero-order valence-corrected chi connectivity index (χ0v) is 14.8. The van der Waals surface area contributed by atoms with E-state index < -0.39 is 58.3 Å². The monoisotopic (exact) mass is 387 g/mol. The van der Waals surface area contributed by atoms with Crippen molar-refractivity contribution in [3.05, 3.63) is 47.2 Å². The zero-order chi connectivity index (χ0) is 20.7. The molecular weight excluding hydrogens is 370 g/mol. The SMILES string of the molecule is C=C1N(C(C)C)C(=O)NC(=O)C1(CC)NC(=O)c1cc(F)c(F)c(F)c1F. The van der Waals surface area contributed by atoms with Gasteiger partial charge in [0.05, 0.1) is 11.3 Å². The fraction of sp³-hybridized carbons (Fsp3) is 0.353. The number of urea groups is 1. The molecule has 1 aromatic carbocycles. The van der Waals surface area contributed by atoms with E-state index in [-0.39, 0.29) is 18.2 Å². The maximum Gasteiger partial charge on any atom is 0.328 e. The highest BCUT2D eigenvalue weighted by molar-refractivity contribution is 6.08. The predicted molar refractivity (Wildman–Crippen MR) is 86.4 cm³/mol. The molecule has 2 rings (SSSR count). The molecule has 1 atom stereocenters. The Morgan fingerprint density at radius 3 is 2.33 bits per heavy atom. The Kier molecular flexibility index (Phi) is 5.30. The Hall–Kier alpha value is -2.91. The quantitative estimate of drug-likeness (QED) is 0.474. The second-order valence-electron chi connectivity index (χ2n) is 6.23. The summed E-state index contributed by atoms with van der Waals surface area (Å²) in [4.78, 5) is 38.0. The van der Waals surface area contributed by atoms with Gasteiger partial charge in [-0.1, -0.05) is 13.5 Å². The van der Waals surface area contributed by atoms with Gasteiger partial charge in [-0.25, -0.2) is 22.4 Å². The van der Waals surface area contributed by atoms with Crippen LogP contribution in [0.5, 0.6) is 0 Å². The van der Waals surface area contributed by atoms with Crippen molar-refractivity contribution in [2.45, 2.75) is 38.8 Å². The summed E-state index contributed by atoms with van der Waals surface area (Å²) in [5.74, 6) is -10.2. The van der Waals surface area contributed by atoms with Gasteiger partial charge in [0.1, 0.15) is 0 Å².